The summed E-state index contributed by atoms with van der Waals surface area (Å²) in [6, 6.07) is 1.61. The van der Waals surface area contributed by atoms with Crippen molar-refractivity contribution in [1.29, 1.82) is 0 Å². The molecule has 2 fully saturated rings. The van der Waals surface area contributed by atoms with Gasteiger partial charge in [-0.25, -0.2) is 0 Å². The van der Waals surface area contributed by atoms with Crippen LogP contribution in [0.4, 0.5) is 0 Å². The summed E-state index contributed by atoms with van der Waals surface area (Å²) in [4.78, 5) is 2.61. The number of hydrogen-bond acceptors (Lipinski definition) is 2. The topological polar surface area (TPSA) is 15.3 Å². The first-order chi connectivity index (χ1) is 9.27. The molecule has 0 amide bonds. The molecule has 2 rings (SSSR count). The third kappa shape index (κ3) is 5.07. The van der Waals surface area contributed by atoms with Gasteiger partial charge in [0.05, 0.1) is 0 Å². The molecular formula is C17H34N2. The maximum absolute atomic E-state index is 3.76. The molecule has 0 radical (unpaired) electrons. The summed E-state index contributed by atoms with van der Waals surface area (Å²) in [5, 5.41) is 3.76. The average molecular weight is 266 g/mol. The van der Waals surface area contributed by atoms with Crippen LogP contribution in [0.1, 0.15) is 71.1 Å². The summed E-state index contributed by atoms with van der Waals surface area (Å²) >= 11 is 0. The van der Waals surface area contributed by atoms with Gasteiger partial charge in [0.2, 0.25) is 0 Å². The standard InChI is InChI=1S/C17H34N2/c1-15(16-9-6-7-10-16)18-13-8-14-19(2)17-11-4-3-5-12-17/h15-18H,3-14H2,1-2H3. The molecule has 2 nitrogen and oxygen atoms in total. The first-order valence-corrected chi connectivity index (χ1v) is 8.71. The Morgan fingerprint density at radius 3 is 2.32 bits per heavy atom. The molecule has 0 aromatic heterocycles. The fourth-order valence-corrected chi connectivity index (χ4v) is 3.99. The van der Waals surface area contributed by atoms with E-state index in [2.05, 4.69) is 24.2 Å². The van der Waals surface area contributed by atoms with Crippen LogP contribution < -0.4 is 5.32 Å². The van der Waals surface area contributed by atoms with Crippen LogP contribution in [0.25, 0.3) is 0 Å². The summed E-state index contributed by atoms with van der Waals surface area (Å²) < 4.78 is 0. The highest BCUT2D eigenvalue weighted by Gasteiger charge is 2.21. The van der Waals surface area contributed by atoms with Gasteiger partial charge in [0.25, 0.3) is 0 Å². The fraction of sp³-hybridized carbons (Fsp3) is 1.00. The predicted octanol–water partition coefficient (Wildman–Crippen LogP) is 3.81. The molecule has 0 heterocycles. The summed E-state index contributed by atoms with van der Waals surface area (Å²) in [6.07, 6.45) is 14.4. The van der Waals surface area contributed by atoms with Gasteiger partial charge < -0.3 is 10.2 Å². The lowest BCUT2D eigenvalue weighted by Crippen LogP contribution is -2.37. The van der Waals surface area contributed by atoms with Gasteiger partial charge in [0, 0.05) is 12.1 Å². The van der Waals surface area contributed by atoms with Gasteiger partial charge in [0.1, 0.15) is 0 Å². The minimum atomic E-state index is 0.738. The van der Waals surface area contributed by atoms with E-state index in [1.54, 1.807) is 0 Å². The lowest BCUT2D eigenvalue weighted by Gasteiger charge is -2.31. The van der Waals surface area contributed by atoms with Crippen molar-refractivity contribution in [2.75, 3.05) is 20.1 Å². The zero-order valence-corrected chi connectivity index (χ0v) is 13.2. The van der Waals surface area contributed by atoms with Crippen LogP contribution in [0.15, 0.2) is 0 Å². The van der Waals surface area contributed by atoms with E-state index >= 15 is 0 Å². The van der Waals surface area contributed by atoms with Crippen molar-refractivity contribution in [3.8, 4) is 0 Å². The van der Waals surface area contributed by atoms with Crippen LogP contribution >= 0.6 is 0 Å². The third-order valence-electron chi connectivity index (χ3n) is 5.46. The minimum absolute atomic E-state index is 0.738. The molecule has 0 saturated heterocycles. The fourth-order valence-electron chi connectivity index (χ4n) is 3.99. The van der Waals surface area contributed by atoms with Crippen LogP contribution in [0.5, 0.6) is 0 Å². The SMILES string of the molecule is CC(NCCCN(C)C1CCCCC1)C1CCCC1. The van der Waals surface area contributed by atoms with E-state index in [0.29, 0.717) is 0 Å². The molecule has 0 aliphatic heterocycles. The second kappa shape index (κ2) is 8.26. The molecule has 2 saturated carbocycles. The Balaban J connectivity index is 1.53. The van der Waals surface area contributed by atoms with Gasteiger partial charge in [-0.2, -0.15) is 0 Å². The lowest BCUT2D eigenvalue weighted by molar-refractivity contribution is 0.188. The molecule has 2 aliphatic carbocycles. The van der Waals surface area contributed by atoms with Crippen molar-refractivity contribution in [3.05, 3.63) is 0 Å². The number of nitrogens with zero attached hydrogens (tertiary/aromatic N) is 1. The first-order valence-electron chi connectivity index (χ1n) is 8.71. The highest BCUT2D eigenvalue weighted by molar-refractivity contribution is 4.78. The Morgan fingerprint density at radius 2 is 1.63 bits per heavy atom. The molecule has 2 aliphatic rings. The highest BCUT2D eigenvalue weighted by Crippen LogP contribution is 2.27. The molecule has 112 valence electrons. The average Bonchev–Trinajstić information content (AvgIpc) is 2.98. The molecule has 0 spiro atoms. The quantitative estimate of drug-likeness (QED) is 0.705. The second-order valence-electron chi connectivity index (χ2n) is 6.91. The Bertz CT molecular complexity index is 229. The first kappa shape index (κ1) is 15.3. The Kier molecular flexibility index (Phi) is 6.66. The molecular weight excluding hydrogens is 232 g/mol. The lowest BCUT2D eigenvalue weighted by atomic mass is 9.94. The van der Waals surface area contributed by atoms with E-state index in [1.165, 1.54) is 77.3 Å². The zero-order valence-electron chi connectivity index (χ0n) is 13.2. The van der Waals surface area contributed by atoms with Crippen LogP contribution in [0.3, 0.4) is 0 Å². The van der Waals surface area contributed by atoms with Crippen LogP contribution in [0, 0.1) is 5.92 Å². The zero-order chi connectivity index (χ0) is 13.5. The summed E-state index contributed by atoms with van der Waals surface area (Å²) in [6.45, 7) is 4.87. The Morgan fingerprint density at radius 1 is 1.00 bits per heavy atom. The minimum Gasteiger partial charge on any atom is -0.314 e. The number of hydrogen-bond donors (Lipinski definition) is 1. The predicted molar refractivity (Wildman–Crippen MR) is 83.5 cm³/mol. The number of nitrogens with one attached hydrogen (secondary N) is 1. The Labute approximate surface area is 120 Å². The third-order valence-corrected chi connectivity index (χ3v) is 5.46. The maximum atomic E-state index is 3.76. The van der Waals surface area contributed by atoms with Gasteiger partial charge in [-0.3, -0.25) is 0 Å². The molecule has 1 atom stereocenters. The normalized spacial score (nSPS) is 24.2. The highest BCUT2D eigenvalue weighted by atomic mass is 15.1. The van der Waals surface area contributed by atoms with Gasteiger partial charge in [-0.1, -0.05) is 32.1 Å². The molecule has 1 unspecified atom stereocenters. The molecule has 1 N–H and O–H groups in total. The van der Waals surface area contributed by atoms with E-state index in [4.69, 9.17) is 0 Å². The summed E-state index contributed by atoms with van der Waals surface area (Å²) in [5.74, 6) is 0.955. The number of rotatable bonds is 7. The second-order valence-corrected chi connectivity index (χ2v) is 6.91. The Hall–Kier alpha value is -0.0800. The van der Waals surface area contributed by atoms with Gasteiger partial charge >= 0.3 is 0 Å². The van der Waals surface area contributed by atoms with E-state index in [1.807, 2.05) is 0 Å². The largest absolute Gasteiger partial charge is 0.314 e. The molecule has 0 aromatic carbocycles. The molecule has 2 heteroatoms. The van der Waals surface area contributed by atoms with Crippen molar-refractivity contribution >= 4 is 0 Å². The van der Waals surface area contributed by atoms with Crippen molar-refractivity contribution < 1.29 is 0 Å². The maximum Gasteiger partial charge on any atom is 0.00922 e. The van der Waals surface area contributed by atoms with Crippen LogP contribution in [-0.4, -0.2) is 37.1 Å². The van der Waals surface area contributed by atoms with Gasteiger partial charge in [0.15, 0.2) is 0 Å². The van der Waals surface area contributed by atoms with Gasteiger partial charge in [-0.05, 0) is 65.1 Å². The summed E-state index contributed by atoms with van der Waals surface area (Å²) in [7, 11) is 2.33. The van der Waals surface area contributed by atoms with Crippen molar-refractivity contribution in [2.45, 2.75) is 83.2 Å². The van der Waals surface area contributed by atoms with Gasteiger partial charge in [-0.15, -0.1) is 0 Å². The van der Waals surface area contributed by atoms with E-state index < -0.39 is 0 Å². The van der Waals surface area contributed by atoms with Crippen LogP contribution in [-0.2, 0) is 0 Å². The smallest absolute Gasteiger partial charge is 0.00922 e. The molecule has 0 aromatic rings. The van der Waals surface area contributed by atoms with E-state index in [0.717, 1.165) is 18.0 Å². The van der Waals surface area contributed by atoms with Crippen molar-refractivity contribution in [2.24, 2.45) is 5.92 Å². The molecule has 0 bridgehead atoms. The van der Waals surface area contributed by atoms with E-state index in [-0.39, 0.29) is 0 Å². The van der Waals surface area contributed by atoms with Crippen LogP contribution in [0.2, 0.25) is 0 Å². The van der Waals surface area contributed by atoms with E-state index in [9.17, 15) is 0 Å². The summed E-state index contributed by atoms with van der Waals surface area (Å²) in [5.41, 5.74) is 0. The monoisotopic (exact) mass is 266 g/mol. The van der Waals surface area contributed by atoms with Crippen molar-refractivity contribution in [1.82, 2.24) is 10.2 Å². The molecule has 19 heavy (non-hydrogen) atoms. The van der Waals surface area contributed by atoms with Crippen molar-refractivity contribution in [3.63, 3.8) is 0 Å².